The van der Waals surface area contributed by atoms with E-state index in [1.165, 1.54) is 0 Å². The van der Waals surface area contributed by atoms with Gasteiger partial charge in [0, 0.05) is 17.6 Å². The highest BCUT2D eigenvalue weighted by Crippen LogP contribution is 2.28. The van der Waals surface area contributed by atoms with Crippen LogP contribution in [-0.2, 0) is 10.0 Å². The lowest BCUT2D eigenvalue weighted by Gasteiger charge is -2.23. The molecule has 21 heavy (non-hydrogen) atoms. The van der Waals surface area contributed by atoms with E-state index in [0.717, 1.165) is 36.8 Å². The van der Waals surface area contributed by atoms with Crippen molar-refractivity contribution < 1.29 is 8.42 Å². The first-order valence-electron chi connectivity index (χ1n) is 7.61. The highest BCUT2D eigenvalue weighted by Gasteiger charge is 2.26. The molecule has 0 spiro atoms. The van der Waals surface area contributed by atoms with Crippen molar-refractivity contribution in [2.75, 3.05) is 13.1 Å². The van der Waals surface area contributed by atoms with Gasteiger partial charge in [-0.3, -0.25) is 0 Å². The number of nitrogens with zero attached hydrogens (tertiary/aromatic N) is 1. The first-order valence-corrected chi connectivity index (χ1v) is 9.84. The van der Waals surface area contributed by atoms with E-state index < -0.39 is 10.0 Å². The van der Waals surface area contributed by atoms with Crippen LogP contribution in [0.25, 0.3) is 0 Å². The highest BCUT2D eigenvalue weighted by molar-refractivity contribution is 9.10. The summed E-state index contributed by atoms with van der Waals surface area (Å²) in [6.07, 6.45) is 3.77. The van der Waals surface area contributed by atoms with Crippen LogP contribution in [0.2, 0.25) is 0 Å². The molecule has 5 heteroatoms. The molecule has 0 saturated heterocycles. The molecule has 0 radical (unpaired) electrons. The molecule has 1 aromatic rings. The number of hydrogen-bond donors (Lipinski definition) is 0. The minimum atomic E-state index is -3.43. The lowest BCUT2D eigenvalue weighted by atomic mass is 10.1. The Balaban J connectivity index is 3.18. The van der Waals surface area contributed by atoms with Crippen LogP contribution in [0.1, 0.15) is 50.7 Å². The standard InChI is InChI=1S/C16H26BrNO2S/c1-5-7-9-18(10-8-6-2)21(19,20)16-12-14(4)13(3)11-15(16)17/h11-12H,5-10H2,1-4H3. The lowest BCUT2D eigenvalue weighted by Crippen LogP contribution is -2.33. The van der Waals surface area contributed by atoms with E-state index in [2.05, 4.69) is 29.8 Å². The molecule has 0 bridgehead atoms. The van der Waals surface area contributed by atoms with Crippen molar-refractivity contribution in [2.24, 2.45) is 0 Å². The van der Waals surface area contributed by atoms with Gasteiger partial charge in [0.15, 0.2) is 0 Å². The van der Waals surface area contributed by atoms with Gasteiger partial charge in [-0.15, -0.1) is 0 Å². The van der Waals surface area contributed by atoms with Crippen molar-refractivity contribution in [1.29, 1.82) is 0 Å². The number of halogens is 1. The van der Waals surface area contributed by atoms with Crippen LogP contribution in [0.15, 0.2) is 21.5 Å². The predicted molar refractivity (Wildman–Crippen MR) is 92.2 cm³/mol. The smallest absolute Gasteiger partial charge is 0.207 e. The third-order valence-electron chi connectivity index (χ3n) is 3.69. The lowest BCUT2D eigenvalue weighted by molar-refractivity contribution is 0.395. The Morgan fingerprint density at radius 2 is 1.48 bits per heavy atom. The molecule has 0 atom stereocenters. The van der Waals surface area contributed by atoms with Crippen molar-refractivity contribution >= 4 is 26.0 Å². The minimum absolute atomic E-state index is 0.387. The number of unbranched alkanes of at least 4 members (excludes halogenated alkanes) is 2. The van der Waals surface area contributed by atoms with Crippen LogP contribution in [0.5, 0.6) is 0 Å². The maximum absolute atomic E-state index is 12.9. The molecule has 0 saturated carbocycles. The fraction of sp³-hybridized carbons (Fsp3) is 0.625. The number of aryl methyl sites for hydroxylation is 2. The summed E-state index contributed by atoms with van der Waals surface area (Å²) in [4.78, 5) is 0.387. The van der Waals surface area contributed by atoms with Crippen LogP contribution >= 0.6 is 15.9 Å². The summed E-state index contributed by atoms with van der Waals surface area (Å²) >= 11 is 3.42. The second-order valence-electron chi connectivity index (χ2n) is 5.48. The molecular formula is C16H26BrNO2S. The monoisotopic (exact) mass is 375 g/mol. The third kappa shape index (κ3) is 4.80. The van der Waals surface area contributed by atoms with Crippen LogP contribution in [0.3, 0.4) is 0 Å². The van der Waals surface area contributed by atoms with Gasteiger partial charge in [-0.25, -0.2) is 8.42 Å². The van der Waals surface area contributed by atoms with Gasteiger partial charge in [0.2, 0.25) is 10.0 Å². The SMILES string of the molecule is CCCCN(CCCC)S(=O)(=O)c1cc(C)c(C)cc1Br. The second kappa shape index (κ2) is 8.30. The van der Waals surface area contributed by atoms with E-state index >= 15 is 0 Å². The van der Waals surface area contributed by atoms with E-state index in [1.807, 2.05) is 19.9 Å². The van der Waals surface area contributed by atoms with Crippen molar-refractivity contribution in [3.8, 4) is 0 Å². The predicted octanol–water partition coefficient (Wildman–Crippen LogP) is 4.66. The molecule has 0 aliphatic rings. The summed E-state index contributed by atoms with van der Waals surface area (Å²) in [6.45, 7) is 9.29. The summed E-state index contributed by atoms with van der Waals surface area (Å²) < 4.78 is 28.1. The van der Waals surface area contributed by atoms with Gasteiger partial charge in [-0.05, 0) is 65.9 Å². The molecule has 1 aromatic carbocycles. The van der Waals surface area contributed by atoms with Gasteiger partial charge < -0.3 is 0 Å². The number of sulfonamides is 1. The fourth-order valence-corrected chi connectivity index (χ4v) is 4.83. The average Bonchev–Trinajstić information content (AvgIpc) is 2.42. The third-order valence-corrected chi connectivity index (χ3v) is 6.55. The first-order chi connectivity index (χ1) is 9.84. The van der Waals surface area contributed by atoms with Crippen molar-refractivity contribution in [3.63, 3.8) is 0 Å². The Morgan fingerprint density at radius 3 is 1.95 bits per heavy atom. The molecule has 120 valence electrons. The Bertz CT molecular complexity index is 562. The van der Waals surface area contributed by atoms with Crippen LogP contribution < -0.4 is 0 Å². The molecule has 0 aliphatic heterocycles. The van der Waals surface area contributed by atoms with E-state index in [0.29, 0.717) is 22.5 Å². The molecule has 0 heterocycles. The van der Waals surface area contributed by atoms with Crippen LogP contribution in [-0.4, -0.2) is 25.8 Å². The normalized spacial score (nSPS) is 12.1. The minimum Gasteiger partial charge on any atom is -0.207 e. The molecule has 3 nitrogen and oxygen atoms in total. The first kappa shape index (κ1) is 18.7. The molecule has 1 rings (SSSR count). The molecule has 0 fully saturated rings. The van der Waals surface area contributed by atoms with E-state index in [-0.39, 0.29) is 0 Å². The van der Waals surface area contributed by atoms with Crippen molar-refractivity contribution in [1.82, 2.24) is 4.31 Å². The molecule has 0 unspecified atom stereocenters. The summed E-state index contributed by atoms with van der Waals surface area (Å²) in [7, 11) is -3.43. The van der Waals surface area contributed by atoms with E-state index in [1.54, 1.807) is 10.4 Å². The number of benzene rings is 1. The molecular weight excluding hydrogens is 350 g/mol. The second-order valence-corrected chi connectivity index (χ2v) is 8.24. The topological polar surface area (TPSA) is 37.4 Å². The van der Waals surface area contributed by atoms with Gasteiger partial charge in [-0.1, -0.05) is 26.7 Å². The van der Waals surface area contributed by atoms with Crippen molar-refractivity contribution in [3.05, 3.63) is 27.7 Å². The number of rotatable bonds is 8. The zero-order valence-corrected chi connectivity index (χ0v) is 15.8. The Morgan fingerprint density at radius 1 is 1.00 bits per heavy atom. The molecule has 0 aliphatic carbocycles. The molecule has 0 amide bonds. The summed E-state index contributed by atoms with van der Waals surface area (Å²) in [5, 5.41) is 0. The Hall–Kier alpha value is -0.390. The summed E-state index contributed by atoms with van der Waals surface area (Å²) in [5.74, 6) is 0. The highest BCUT2D eigenvalue weighted by atomic mass is 79.9. The van der Waals surface area contributed by atoms with Gasteiger partial charge in [-0.2, -0.15) is 4.31 Å². The van der Waals surface area contributed by atoms with Gasteiger partial charge in [0.1, 0.15) is 0 Å². The van der Waals surface area contributed by atoms with Crippen LogP contribution in [0, 0.1) is 13.8 Å². The van der Waals surface area contributed by atoms with Gasteiger partial charge in [0.25, 0.3) is 0 Å². The summed E-state index contributed by atoms with van der Waals surface area (Å²) in [6, 6.07) is 3.67. The van der Waals surface area contributed by atoms with Crippen LogP contribution in [0.4, 0.5) is 0 Å². The fourth-order valence-electron chi connectivity index (χ4n) is 2.11. The number of hydrogen-bond acceptors (Lipinski definition) is 2. The maximum atomic E-state index is 12.9. The van der Waals surface area contributed by atoms with E-state index in [9.17, 15) is 8.42 Å². The quantitative estimate of drug-likeness (QED) is 0.662. The average molecular weight is 376 g/mol. The van der Waals surface area contributed by atoms with Gasteiger partial charge >= 0.3 is 0 Å². The molecule has 0 N–H and O–H groups in total. The largest absolute Gasteiger partial charge is 0.244 e. The zero-order valence-electron chi connectivity index (χ0n) is 13.4. The van der Waals surface area contributed by atoms with Crippen molar-refractivity contribution in [2.45, 2.75) is 58.3 Å². The maximum Gasteiger partial charge on any atom is 0.244 e. The van der Waals surface area contributed by atoms with Gasteiger partial charge in [0.05, 0.1) is 4.90 Å². The Kier molecular flexibility index (Phi) is 7.37. The Labute approximate surface area is 137 Å². The zero-order chi connectivity index (χ0) is 16.0. The summed E-state index contributed by atoms with van der Waals surface area (Å²) in [5.41, 5.74) is 2.09. The molecule has 0 aromatic heterocycles. The van der Waals surface area contributed by atoms with E-state index in [4.69, 9.17) is 0 Å².